The molecule has 0 spiro atoms. The lowest BCUT2D eigenvalue weighted by molar-refractivity contribution is 0.522. The Labute approximate surface area is 116 Å². The molecule has 3 N–H and O–H groups in total. The molecule has 1 aliphatic rings. The summed E-state index contributed by atoms with van der Waals surface area (Å²) in [5, 5.41) is 0. The van der Waals surface area contributed by atoms with Crippen molar-refractivity contribution in [3.05, 3.63) is 29.8 Å². The van der Waals surface area contributed by atoms with Crippen molar-refractivity contribution in [2.24, 2.45) is 5.73 Å². The lowest BCUT2D eigenvalue weighted by Crippen LogP contribution is -2.39. The van der Waals surface area contributed by atoms with Crippen molar-refractivity contribution in [1.82, 2.24) is 4.72 Å². The zero-order chi connectivity index (χ0) is 13.9. The monoisotopic (exact) mass is 302 g/mol. The predicted octanol–water partition coefficient (Wildman–Crippen LogP) is 0.335. The summed E-state index contributed by atoms with van der Waals surface area (Å²) in [7, 11) is -4.28. The van der Waals surface area contributed by atoms with E-state index in [2.05, 4.69) is 4.72 Å². The van der Waals surface area contributed by atoms with Gasteiger partial charge in [0.25, 0.3) is 0 Å². The van der Waals surface area contributed by atoms with E-state index in [0.717, 1.165) is 5.56 Å². The topological polar surface area (TPSA) is 89.3 Å². The van der Waals surface area contributed by atoms with Gasteiger partial charge < -0.3 is 5.73 Å². The van der Waals surface area contributed by atoms with Crippen LogP contribution in [0, 0.1) is 0 Å². The van der Waals surface area contributed by atoms with E-state index in [4.69, 9.17) is 5.73 Å². The van der Waals surface area contributed by atoms with Crippen LogP contribution in [0.15, 0.2) is 29.2 Å². The molecule has 0 aliphatic carbocycles. The van der Waals surface area contributed by atoms with E-state index in [1.165, 1.54) is 0 Å². The van der Waals surface area contributed by atoms with Crippen LogP contribution in [0.5, 0.6) is 0 Å². The number of sulfonamides is 1. The molecule has 0 aromatic heterocycles. The first-order valence-corrected chi connectivity index (χ1v) is 9.15. The van der Waals surface area contributed by atoms with Crippen molar-refractivity contribution in [1.29, 1.82) is 0 Å². The summed E-state index contributed by atoms with van der Waals surface area (Å²) in [6.45, 7) is 0.391. The highest BCUT2D eigenvalue weighted by atomic mass is 32.2. The Morgan fingerprint density at radius 1 is 1.21 bits per heavy atom. The van der Waals surface area contributed by atoms with Gasteiger partial charge in [0.1, 0.15) is 0 Å². The molecule has 0 saturated carbocycles. The molecule has 7 heteroatoms. The number of hydrogen-bond acceptors (Lipinski definition) is 4. The molecule has 0 bridgehead atoms. The van der Waals surface area contributed by atoms with E-state index >= 15 is 0 Å². The van der Waals surface area contributed by atoms with Crippen molar-refractivity contribution in [3.8, 4) is 0 Å². The molecule has 1 saturated heterocycles. The van der Waals surface area contributed by atoms with Crippen molar-refractivity contribution in [2.75, 3.05) is 11.5 Å². The lowest BCUT2D eigenvalue weighted by atomic mass is 10.2. The molecule has 1 aliphatic heterocycles. The third-order valence-corrected chi connectivity index (χ3v) is 6.10. The quantitative estimate of drug-likeness (QED) is 0.839. The average molecular weight is 302 g/mol. The standard InChI is InChI=1S/C12H18N2O3S2/c13-9-10-1-3-12(4-2-10)19(16,17)14-11-5-7-18(15)8-6-11/h1-4,11,14H,5-9,13H2. The van der Waals surface area contributed by atoms with E-state index in [1.807, 2.05) is 0 Å². The van der Waals surface area contributed by atoms with Gasteiger partial charge in [0.15, 0.2) is 0 Å². The number of nitrogens with two attached hydrogens (primary N) is 1. The van der Waals surface area contributed by atoms with Crippen LogP contribution < -0.4 is 10.5 Å². The van der Waals surface area contributed by atoms with Gasteiger partial charge in [-0.15, -0.1) is 0 Å². The predicted molar refractivity (Wildman–Crippen MR) is 75.6 cm³/mol. The van der Waals surface area contributed by atoms with Crippen LogP contribution in [-0.2, 0) is 27.4 Å². The van der Waals surface area contributed by atoms with Crippen LogP contribution >= 0.6 is 0 Å². The minimum absolute atomic E-state index is 0.114. The zero-order valence-electron chi connectivity index (χ0n) is 10.5. The Morgan fingerprint density at radius 2 is 1.79 bits per heavy atom. The Bertz CT molecular complexity index is 545. The van der Waals surface area contributed by atoms with E-state index in [0.29, 0.717) is 30.9 Å². The fourth-order valence-electron chi connectivity index (χ4n) is 2.00. The van der Waals surface area contributed by atoms with E-state index < -0.39 is 20.8 Å². The molecule has 1 aromatic rings. The molecular weight excluding hydrogens is 284 g/mol. The fraction of sp³-hybridized carbons (Fsp3) is 0.500. The van der Waals surface area contributed by atoms with Gasteiger partial charge in [-0.3, -0.25) is 4.21 Å². The van der Waals surface area contributed by atoms with E-state index in [-0.39, 0.29) is 10.9 Å². The van der Waals surface area contributed by atoms with Crippen LogP contribution in [0.4, 0.5) is 0 Å². The van der Waals surface area contributed by atoms with Gasteiger partial charge in [-0.2, -0.15) is 0 Å². The first kappa shape index (κ1) is 14.6. The molecule has 106 valence electrons. The molecule has 0 radical (unpaired) electrons. The highest BCUT2D eigenvalue weighted by Gasteiger charge is 2.23. The fourth-order valence-corrected chi connectivity index (χ4v) is 4.61. The van der Waals surface area contributed by atoms with Gasteiger partial charge in [-0.25, -0.2) is 13.1 Å². The van der Waals surface area contributed by atoms with Crippen LogP contribution in [0.3, 0.4) is 0 Å². The summed E-state index contributed by atoms with van der Waals surface area (Å²) in [5.41, 5.74) is 6.37. The Hall–Kier alpha value is -0.760. The maximum absolute atomic E-state index is 12.2. The number of nitrogens with one attached hydrogen (secondary N) is 1. The Balaban J connectivity index is 2.06. The number of hydrogen-bond donors (Lipinski definition) is 2. The zero-order valence-corrected chi connectivity index (χ0v) is 12.2. The van der Waals surface area contributed by atoms with Gasteiger partial charge in [-0.1, -0.05) is 12.1 Å². The third-order valence-electron chi connectivity index (χ3n) is 3.18. The van der Waals surface area contributed by atoms with Crippen LogP contribution in [-0.4, -0.2) is 30.2 Å². The summed E-state index contributed by atoms with van der Waals surface area (Å²) in [6.07, 6.45) is 1.26. The molecule has 1 fully saturated rings. The molecule has 0 atom stereocenters. The Morgan fingerprint density at radius 3 is 2.32 bits per heavy atom. The minimum atomic E-state index is -3.49. The van der Waals surface area contributed by atoms with Gasteiger partial charge in [-0.05, 0) is 30.5 Å². The molecule has 0 unspecified atom stereocenters. The first-order chi connectivity index (χ1) is 9.01. The molecule has 0 amide bonds. The maximum atomic E-state index is 12.2. The van der Waals surface area contributed by atoms with E-state index in [9.17, 15) is 12.6 Å². The Kier molecular flexibility index (Phi) is 4.72. The van der Waals surface area contributed by atoms with Crippen molar-refractivity contribution in [2.45, 2.75) is 30.3 Å². The van der Waals surface area contributed by atoms with Crippen molar-refractivity contribution < 1.29 is 12.6 Å². The van der Waals surface area contributed by atoms with Gasteiger partial charge in [0, 0.05) is 34.9 Å². The second-order valence-electron chi connectivity index (χ2n) is 4.59. The van der Waals surface area contributed by atoms with Gasteiger partial charge >= 0.3 is 0 Å². The molecule has 1 aromatic carbocycles. The lowest BCUT2D eigenvalue weighted by Gasteiger charge is -2.22. The van der Waals surface area contributed by atoms with Crippen LogP contribution in [0.1, 0.15) is 18.4 Å². The van der Waals surface area contributed by atoms with Crippen LogP contribution in [0.2, 0.25) is 0 Å². The van der Waals surface area contributed by atoms with Crippen molar-refractivity contribution in [3.63, 3.8) is 0 Å². The summed E-state index contributed by atoms with van der Waals surface area (Å²) < 4.78 is 38.2. The smallest absolute Gasteiger partial charge is 0.240 e. The molecular formula is C12H18N2O3S2. The molecule has 1 heterocycles. The third kappa shape index (κ3) is 3.85. The molecule has 5 nitrogen and oxygen atoms in total. The van der Waals surface area contributed by atoms with E-state index in [1.54, 1.807) is 24.3 Å². The molecule has 19 heavy (non-hydrogen) atoms. The SMILES string of the molecule is NCc1ccc(S(=O)(=O)NC2CCS(=O)CC2)cc1. The number of rotatable bonds is 4. The minimum Gasteiger partial charge on any atom is -0.326 e. The molecule has 2 rings (SSSR count). The van der Waals surface area contributed by atoms with Gasteiger partial charge in [0.05, 0.1) is 4.90 Å². The largest absolute Gasteiger partial charge is 0.326 e. The normalized spacial score (nSPS) is 24.3. The van der Waals surface area contributed by atoms with Gasteiger partial charge in [0.2, 0.25) is 10.0 Å². The van der Waals surface area contributed by atoms with Crippen LogP contribution in [0.25, 0.3) is 0 Å². The highest BCUT2D eigenvalue weighted by Crippen LogP contribution is 2.15. The summed E-state index contributed by atoms with van der Waals surface area (Å²) in [4.78, 5) is 0.247. The first-order valence-electron chi connectivity index (χ1n) is 6.17. The average Bonchev–Trinajstić information content (AvgIpc) is 2.41. The number of benzene rings is 1. The summed E-state index contributed by atoms with van der Waals surface area (Å²) in [6, 6.07) is 6.43. The maximum Gasteiger partial charge on any atom is 0.240 e. The second kappa shape index (κ2) is 6.13. The highest BCUT2D eigenvalue weighted by molar-refractivity contribution is 7.89. The summed E-state index contributed by atoms with van der Waals surface area (Å²) in [5.74, 6) is 1.14. The second-order valence-corrected chi connectivity index (χ2v) is 8.00. The summed E-state index contributed by atoms with van der Waals surface area (Å²) >= 11 is 0. The van der Waals surface area contributed by atoms with Crippen molar-refractivity contribution >= 4 is 20.8 Å².